The summed E-state index contributed by atoms with van der Waals surface area (Å²) in [5.41, 5.74) is 3.32. The minimum atomic E-state index is -0.176. The molecule has 1 saturated heterocycles. The maximum absolute atomic E-state index is 11.9. The zero-order valence-electron chi connectivity index (χ0n) is 15.6. The number of H-pyrrole nitrogens is 1. The number of nitrogens with one attached hydrogen (secondary N) is 1. The Balaban J connectivity index is 1.50. The Bertz CT molecular complexity index is 918. The molecule has 0 aromatic carbocycles. The number of aromatic amines is 1. The van der Waals surface area contributed by atoms with Crippen molar-refractivity contribution >= 4 is 11.6 Å². The van der Waals surface area contributed by atoms with Crippen molar-refractivity contribution in [1.29, 1.82) is 0 Å². The number of ether oxygens (including phenoxy) is 1. The second kappa shape index (κ2) is 7.02. The van der Waals surface area contributed by atoms with Crippen LogP contribution in [0.5, 0.6) is 5.75 Å². The molecule has 1 amide bonds. The summed E-state index contributed by atoms with van der Waals surface area (Å²) in [7, 11) is 0. The molecule has 0 bridgehead atoms. The van der Waals surface area contributed by atoms with Crippen molar-refractivity contribution in [2.24, 2.45) is 0 Å². The van der Waals surface area contributed by atoms with E-state index in [4.69, 9.17) is 4.74 Å². The number of hydrogen-bond donors (Lipinski definition) is 1. The third kappa shape index (κ3) is 3.39. The first-order chi connectivity index (χ1) is 13.0. The van der Waals surface area contributed by atoms with Gasteiger partial charge in [-0.3, -0.25) is 14.6 Å². The zero-order valence-corrected chi connectivity index (χ0v) is 15.6. The second-order valence-corrected chi connectivity index (χ2v) is 7.12. The van der Waals surface area contributed by atoms with Crippen LogP contribution < -0.4 is 15.2 Å². The molecule has 2 aromatic rings. The van der Waals surface area contributed by atoms with Crippen molar-refractivity contribution in [2.45, 2.75) is 45.9 Å². The number of likely N-dealkylation sites (tertiary alicyclic amines) is 1. The molecule has 142 valence electrons. The van der Waals surface area contributed by atoms with Gasteiger partial charge in [-0.15, -0.1) is 0 Å². The van der Waals surface area contributed by atoms with Crippen LogP contribution in [-0.4, -0.2) is 45.2 Å². The van der Waals surface area contributed by atoms with Crippen molar-refractivity contribution < 1.29 is 9.53 Å². The molecule has 4 heterocycles. The average Bonchev–Trinajstić information content (AvgIpc) is 3.09. The number of rotatable bonds is 3. The number of fused-ring (bicyclic) bond motifs is 1. The Hall–Kier alpha value is -2.90. The summed E-state index contributed by atoms with van der Waals surface area (Å²) in [6, 6.07) is 1.91. The molecule has 0 radical (unpaired) electrons. The fourth-order valence-corrected chi connectivity index (χ4v) is 3.77. The van der Waals surface area contributed by atoms with E-state index >= 15 is 0 Å². The molecule has 2 aromatic heterocycles. The smallest absolute Gasteiger partial charge is 0.269 e. The lowest BCUT2D eigenvalue weighted by Crippen LogP contribution is -2.40. The summed E-state index contributed by atoms with van der Waals surface area (Å²) < 4.78 is 6.28. The molecule has 0 unspecified atom stereocenters. The molecule has 2 aliphatic heterocycles. The molecule has 0 saturated carbocycles. The third-order valence-corrected chi connectivity index (χ3v) is 5.39. The molecule has 8 heteroatoms. The van der Waals surface area contributed by atoms with Gasteiger partial charge in [0.25, 0.3) is 5.56 Å². The van der Waals surface area contributed by atoms with Crippen molar-refractivity contribution in [3.8, 4) is 5.75 Å². The van der Waals surface area contributed by atoms with E-state index in [-0.39, 0.29) is 17.6 Å². The number of carbonyl (C=O) groups is 1. The number of pyridine rings is 1. The van der Waals surface area contributed by atoms with Crippen LogP contribution in [0, 0.1) is 6.92 Å². The van der Waals surface area contributed by atoms with Crippen molar-refractivity contribution in [1.82, 2.24) is 20.1 Å². The second-order valence-electron chi connectivity index (χ2n) is 7.12. The van der Waals surface area contributed by atoms with Gasteiger partial charge in [0.1, 0.15) is 11.9 Å². The Morgan fingerprint density at radius 3 is 2.81 bits per heavy atom. The van der Waals surface area contributed by atoms with Gasteiger partial charge in [-0.25, -0.2) is 5.10 Å². The Kier molecular flexibility index (Phi) is 4.55. The highest BCUT2D eigenvalue weighted by Gasteiger charge is 2.28. The number of amides is 1. The quantitative estimate of drug-likeness (QED) is 0.879. The van der Waals surface area contributed by atoms with Gasteiger partial charge >= 0.3 is 0 Å². The SMILES string of the molecule is CC(=O)N1CCC(Oc2ccnc3c2CN(c2cn[nH]c(=O)c2C)C3)CC1. The first-order valence-corrected chi connectivity index (χ1v) is 9.21. The van der Waals surface area contributed by atoms with Gasteiger partial charge in [-0.2, -0.15) is 5.10 Å². The predicted molar refractivity (Wildman–Crippen MR) is 99.6 cm³/mol. The number of aromatic nitrogens is 3. The van der Waals surface area contributed by atoms with Gasteiger partial charge in [0.05, 0.1) is 24.1 Å². The maximum atomic E-state index is 11.9. The van der Waals surface area contributed by atoms with E-state index in [9.17, 15) is 9.59 Å². The molecule has 27 heavy (non-hydrogen) atoms. The van der Waals surface area contributed by atoms with Crippen LogP contribution in [0.3, 0.4) is 0 Å². The van der Waals surface area contributed by atoms with E-state index in [1.165, 1.54) is 0 Å². The number of hydrogen-bond acceptors (Lipinski definition) is 6. The maximum Gasteiger partial charge on any atom is 0.269 e. The van der Waals surface area contributed by atoms with Gasteiger partial charge < -0.3 is 14.5 Å². The summed E-state index contributed by atoms with van der Waals surface area (Å²) in [6.07, 6.45) is 5.21. The average molecular weight is 369 g/mol. The van der Waals surface area contributed by atoms with E-state index < -0.39 is 0 Å². The molecular weight excluding hydrogens is 346 g/mol. The van der Waals surface area contributed by atoms with E-state index in [0.29, 0.717) is 18.7 Å². The molecular formula is C19H23N5O3. The van der Waals surface area contributed by atoms with Crippen LogP contribution in [-0.2, 0) is 17.9 Å². The summed E-state index contributed by atoms with van der Waals surface area (Å²) in [5.74, 6) is 0.968. The van der Waals surface area contributed by atoms with Gasteiger partial charge in [-0.05, 0) is 13.0 Å². The Labute approximate surface area is 157 Å². The van der Waals surface area contributed by atoms with E-state index in [1.807, 2.05) is 11.0 Å². The fourth-order valence-electron chi connectivity index (χ4n) is 3.77. The summed E-state index contributed by atoms with van der Waals surface area (Å²) in [6.45, 7) is 6.13. The topological polar surface area (TPSA) is 91.4 Å². The molecule has 1 fully saturated rings. The van der Waals surface area contributed by atoms with Crippen LogP contribution in [0.4, 0.5) is 5.69 Å². The summed E-state index contributed by atoms with van der Waals surface area (Å²) in [4.78, 5) is 31.8. The molecule has 2 aliphatic rings. The lowest BCUT2D eigenvalue weighted by molar-refractivity contribution is -0.130. The van der Waals surface area contributed by atoms with Gasteiger partial charge in [0.2, 0.25) is 5.91 Å². The number of nitrogens with zero attached hydrogens (tertiary/aromatic N) is 4. The summed E-state index contributed by atoms with van der Waals surface area (Å²) >= 11 is 0. The third-order valence-electron chi connectivity index (χ3n) is 5.39. The molecule has 0 aliphatic carbocycles. The van der Waals surface area contributed by atoms with Crippen LogP contribution in [0.15, 0.2) is 23.3 Å². The number of piperidine rings is 1. The lowest BCUT2D eigenvalue weighted by atomic mass is 10.1. The fraction of sp³-hybridized carbons (Fsp3) is 0.474. The number of carbonyl (C=O) groups excluding carboxylic acids is 1. The summed E-state index contributed by atoms with van der Waals surface area (Å²) in [5, 5.41) is 6.39. The van der Waals surface area contributed by atoms with Crippen molar-refractivity contribution in [3.63, 3.8) is 0 Å². The first-order valence-electron chi connectivity index (χ1n) is 9.21. The van der Waals surface area contributed by atoms with E-state index in [2.05, 4.69) is 20.1 Å². The van der Waals surface area contributed by atoms with Crippen LogP contribution >= 0.6 is 0 Å². The largest absolute Gasteiger partial charge is 0.490 e. The lowest BCUT2D eigenvalue weighted by Gasteiger charge is -2.31. The monoisotopic (exact) mass is 369 g/mol. The van der Waals surface area contributed by atoms with Crippen molar-refractivity contribution in [3.05, 3.63) is 45.6 Å². The van der Waals surface area contributed by atoms with Crippen molar-refractivity contribution in [2.75, 3.05) is 18.0 Å². The molecule has 0 spiro atoms. The molecule has 1 N–H and O–H groups in total. The minimum absolute atomic E-state index is 0.101. The molecule has 8 nitrogen and oxygen atoms in total. The standard InChI is InChI=1S/C19H23N5O3/c1-12-17(9-21-22-19(12)26)24-10-15-16(11-24)20-6-3-18(15)27-14-4-7-23(8-5-14)13(2)25/h3,6,9,14H,4-5,7-8,10-11H2,1-2H3,(H,22,26). The highest BCUT2D eigenvalue weighted by Crippen LogP contribution is 2.34. The van der Waals surface area contributed by atoms with E-state index in [0.717, 1.165) is 48.6 Å². The minimum Gasteiger partial charge on any atom is -0.490 e. The van der Waals surface area contributed by atoms with Crippen LogP contribution in [0.1, 0.15) is 36.6 Å². The van der Waals surface area contributed by atoms with Crippen LogP contribution in [0.2, 0.25) is 0 Å². The normalized spacial score (nSPS) is 17.1. The number of anilines is 1. The Morgan fingerprint density at radius 2 is 2.07 bits per heavy atom. The first kappa shape index (κ1) is 17.5. The Morgan fingerprint density at radius 1 is 1.30 bits per heavy atom. The van der Waals surface area contributed by atoms with Gasteiger partial charge in [0, 0.05) is 56.7 Å². The van der Waals surface area contributed by atoms with E-state index in [1.54, 1.807) is 26.2 Å². The molecule has 4 rings (SSSR count). The highest BCUT2D eigenvalue weighted by atomic mass is 16.5. The highest BCUT2D eigenvalue weighted by molar-refractivity contribution is 5.73. The van der Waals surface area contributed by atoms with Gasteiger partial charge in [0.15, 0.2) is 0 Å². The van der Waals surface area contributed by atoms with Gasteiger partial charge in [-0.1, -0.05) is 0 Å². The zero-order chi connectivity index (χ0) is 19.0. The van der Waals surface area contributed by atoms with Crippen LogP contribution in [0.25, 0.3) is 0 Å². The predicted octanol–water partition coefficient (Wildman–Crippen LogP) is 1.38. The molecule has 0 atom stereocenters.